The summed E-state index contributed by atoms with van der Waals surface area (Å²) in [6.07, 6.45) is 1.86. The molecule has 2 bridgehead atoms. The van der Waals surface area contributed by atoms with Crippen LogP contribution in [0.5, 0.6) is 0 Å². The molecule has 0 unspecified atom stereocenters. The van der Waals surface area contributed by atoms with Crippen LogP contribution in [0.25, 0.3) is 10.9 Å². The van der Waals surface area contributed by atoms with Crippen molar-refractivity contribution in [3.63, 3.8) is 0 Å². The zero-order valence-corrected chi connectivity index (χ0v) is 13.9. The molecule has 2 aliphatic heterocycles. The molecule has 2 fully saturated rings. The first-order chi connectivity index (χ1) is 12.1. The van der Waals surface area contributed by atoms with Crippen LogP contribution in [0, 0.1) is 5.92 Å². The molecule has 1 aromatic heterocycles. The Kier molecular flexibility index (Phi) is 4.19. The van der Waals surface area contributed by atoms with Crippen molar-refractivity contribution in [2.45, 2.75) is 6.04 Å². The Hall–Kier alpha value is -2.38. The number of rotatable bonds is 3. The third kappa shape index (κ3) is 3.25. The van der Waals surface area contributed by atoms with Crippen LogP contribution < -0.4 is 0 Å². The van der Waals surface area contributed by atoms with Gasteiger partial charge < -0.3 is 19.7 Å². The predicted octanol–water partition coefficient (Wildman–Crippen LogP) is 1.03. The molecule has 0 saturated carbocycles. The Balaban J connectivity index is 1.60. The number of H-pyrrole nitrogens is 1. The lowest BCUT2D eigenvalue weighted by Crippen LogP contribution is -2.47. The minimum absolute atomic E-state index is 0.00344. The predicted molar refractivity (Wildman–Crippen MR) is 91.5 cm³/mol. The molecule has 2 aromatic rings. The van der Waals surface area contributed by atoms with Gasteiger partial charge in [0.15, 0.2) is 0 Å². The van der Waals surface area contributed by atoms with E-state index in [9.17, 15) is 9.59 Å². The summed E-state index contributed by atoms with van der Waals surface area (Å²) in [6.45, 7) is 2.78. The SMILES string of the molecule is O=C(O)CN1C[C@@H]2COC[C@H](C1)N(C(=O)c1ccc3cc[nH]c3c1)C2. The number of aliphatic carboxylic acids is 1. The Morgan fingerprint density at radius 2 is 2.08 bits per heavy atom. The molecule has 1 amide bonds. The maximum Gasteiger partial charge on any atom is 0.317 e. The fraction of sp³-hybridized carbons (Fsp3) is 0.444. The number of fused-ring (bicyclic) bond motifs is 4. The number of hydrogen-bond acceptors (Lipinski definition) is 4. The minimum Gasteiger partial charge on any atom is -0.480 e. The van der Waals surface area contributed by atoms with Gasteiger partial charge in [-0.1, -0.05) is 6.07 Å². The van der Waals surface area contributed by atoms with E-state index in [0.717, 1.165) is 10.9 Å². The number of carboxylic acid groups (broad SMARTS) is 1. The van der Waals surface area contributed by atoms with Crippen LogP contribution in [0.4, 0.5) is 0 Å². The van der Waals surface area contributed by atoms with E-state index in [-0.39, 0.29) is 24.4 Å². The molecule has 25 heavy (non-hydrogen) atoms. The van der Waals surface area contributed by atoms with Gasteiger partial charge in [-0.3, -0.25) is 14.5 Å². The van der Waals surface area contributed by atoms with Gasteiger partial charge in [0.25, 0.3) is 5.91 Å². The molecular formula is C18H21N3O4. The molecule has 132 valence electrons. The van der Waals surface area contributed by atoms with E-state index in [1.165, 1.54) is 0 Å². The van der Waals surface area contributed by atoms with E-state index in [0.29, 0.717) is 38.4 Å². The molecular weight excluding hydrogens is 322 g/mol. The fourth-order valence-corrected chi connectivity index (χ4v) is 3.86. The van der Waals surface area contributed by atoms with Crippen molar-refractivity contribution in [1.29, 1.82) is 0 Å². The lowest BCUT2D eigenvalue weighted by Gasteiger charge is -2.30. The number of carbonyl (C=O) groups excluding carboxylic acids is 1. The number of benzene rings is 1. The number of carbonyl (C=O) groups is 2. The first-order valence-corrected chi connectivity index (χ1v) is 8.50. The molecule has 7 nitrogen and oxygen atoms in total. The number of ether oxygens (including phenoxy) is 1. The van der Waals surface area contributed by atoms with Gasteiger partial charge in [0.2, 0.25) is 0 Å². The average molecular weight is 343 g/mol. The van der Waals surface area contributed by atoms with Crippen LogP contribution in [0.2, 0.25) is 0 Å². The van der Waals surface area contributed by atoms with Gasteiger partial charge >= 0.3 is 5.97 Å². The summed E-state index contributed by atoms with van der Waals surface area (Å²) in [7, 11) is 0. The summed E-state index contributed by atoms with van der Waals surface area (Å²) in [5, 5.41) is 10.2. The standard InChI is InChI=1S/C18H21N3O4/c22-17(23)9-20-6-12-7-21(15(8-20)11-25-10-12)18(24)14-2-1-13-3-4-19-16(13)5-14/h1-5,12,15,19H,6-11H2,(H,22,23)/t12-,15-/m0/s1. The number of amides is 1. The fourth-order valence-electron chi connectivity index (χ4n) is 3.86. The third-order valence-electron chi connectivity index (χ3n) is 4.97. The number of nitrogens with zero attached hydrogens (tertiary/aromatic N) is 2. The van der Waals surface area contributed by atoms with Crippen molar-refractivity contribution in [1.82, 2.24) is 14.8 Å². The van der Waals surface area contributed by atoms with Gasteiger partial charge in [-0.15, -0.1) is 0 Å². The molecule has 3 heterocycles. The highest BCUT2D eigenvalue weighted by Gasteiger charge is 2.36. The number of aromatic nitrogens is 1. The van der Waals surface area contributed by atoms with Crippen LogP contribution in [-0.2, 0) is 9.53 Å². The first kappa shape index (κ1) is 16.1. The molecule has 2 saturated heterocycles. The van der Waals surface area contributed by atoms with E-state index in [4.69, 9.17) is 9.84 Å². The van der Waals surface area contributed by atoms with E-state index in [2.05, 4.69) is 4.98 Å². The topological polar surface area (TPSA) is 85.9 Å². The van der Waals surface area contributed by atoms with E-state index >= 15 is 0 Å². The second-order valence-electron chi connectivity index (χ2n) is 6.88. The lowest BCUT2D eigenvalue weighted by atomic mass is 10.1. The number of aromatic amines is 1. The van der Waals surface area contributed by atoms with E-state index in [1.54, 1.807) is 0 Å². The first-order valence-electron chi connectivity index (χ1n) is 8.50. The summed E-state index contributed by atoms with van der Waals surface area (Å²) in [5.41, 5.74) is 1.58. The monoisotopic (exact) mass is 343 g/mol. The van der Waals surface area contributed by atoms with Crippen LogP contribution in [0.1, 0.15) is 10.4 Å². The highest BCUT2D eigenvalue weighted by molar-refractivity contribution is 5.98. The van der Waals surface area contributed by atoms with Gasteiger partial charge in [0.05, 0.1) is 25.8 Å². The number of carboxylic acids is 1. The maximum atomic E-state index is 13.1. The van der Waals surface area contributed by atoms with Gasteiger partial charge in [-0.2, -0.15) is 0 Å². The van der Waals surface area contributed by atoms with E-state index < -0.39 is 5.97 Å². The van der Waals surface area contributed by atoms with Crippen molar-refractivity contribution in [2.75, 3.05) is 39.4 Å². The summed E-state index contributed by atoms with van der Waals surface area (Å²) in [6, 6.07) is 7.51. The molecule has 7 heteroatoms. The maximum absolute atomic E-state index is 13.1. The van der Waals surface area contributed by atoms with Gasteiger partial charge in [-0.25, -0.2) is 0 Å². The van der Waals surface area contributed by atoms with Crippen molar-refractivity contribution in [3.05, 3.63) is 36.0 Å². The summed E-state index contributed by atoms with van der Waals surface area (Å²) >= 11 is 0. The van der Waals surface area contributed by atoms with Gasteiger partial charge in [-0.05, 0) is 23.6 Å². The Bertz CT molecular complexity index is 802. The molecule has 2 N–H and O–H groups in total. The normalized spacial score (nSPS) is 24.2. The summed E-state index contributed by atoms with van der Waals surface area (Å²) in [4.78, 5) is 31.1. The Labute approximate surface area is 145 Å². The van der Waals surface area contributed by atoms with Crippen LogP contribution in [-0.4, -0.2) is 77.2 Å². The smallest absolute Gasteiger partial charge is 0.317 e. The van der Waals surface area contributed by atoms with Crippen LogP contribution >= 0.6 is 0 Å². The molecule has 2 atom stereocenters. The van der Waals surface area contributed by atoms with Crippen molar-refractivity contribution < 1.29 is 19.4 Å². The molecule has 2 aliphatic rings. The van der Waals surface area contributed by atoms with Crippen molar-refractivity contribution in [3.8, 4) is 0 Å². The van der Waals surface area contributed by atoms with Crippen molar-refractivity contribution in [2.24, 2.45) is 5.92 Å². The summed E-state index contributed by atoms with van der Waals surface area (Å²) < 4.78 is 5.71. The second kappa shape index (κ2) is 6.50. The van der Waals surface area contributed by atoms with Crippen LogP contribution in [0.15, 0.2) is 30.5 Å². The highest BCUT2D eigenvalue weighted by atomic mass is 16.5. The second-order valence-corrected chi connectivity index (χ2v) is 6.88. The zero-order chi connectivity index (χ0) is 17.4. The Morgan fingerprint density at radius 1 is 1.20 bits per heavy atom. The number of hydrogen-bond donors (Lipinski definition) is 2. The van der Waals surface area contributed by atoms with Gasteiger partial charge in [0.1, 0.15) is 0 Å². The molecule has 0 radical (unpaired) electrons. The highest BCUT2D eigenvalue weighted by Crippen LogP contribution is 2.23. The molecule has 0 aliphatic carbocycles. The lowest BCUT2D eigenvalue weighted by molar-refractivity contribution is -0.138. The van der Waals surface area contributed by atoms with E-state index in [1.807, 2.05) is 40.3 Å². The van der Waals surface area contributed by atoms with Crippen LogP contribution in [0.3, 0.4) is 0 Å². The summed E-state index contributed by atoms with van der Waals surface area (Å²) in [5.74, 6) is -0.727. The third-order valence-corrected chi connectivity index (χ3v) is 4.97. The molecule has 1 aromatic carbocycles. The molecule has 0 spiro atoms. The number of nitrogens with one attached hydrogen (secondary N) is 1. The van der Waals surface area contributed by atoms with Gasteiger partial charge in [0, 0.05) is 42.8 Å². The molecule has 4 rings (SSSR count). The van der Waals surface area contributed by atoms with Crippen molar-refractivity contribution >= 4 is 22.8 Å². The largest absolute Gasteiger partial charge is 0.480 e. The minimum atomic E-state index is -0.837. The zero-order valence-electron chi connectivity index (χ0n) is 13.9. The quantitative estimate of drug-likeness (QED) is 0.869. The Morgan fingerprint density at radius 3 is 2.92 bits per heavy atom. The average Bonchev–Trinajstić information content (AvgIpc) is 2.86.